The second-order valence-corrected chi connectivity index (χ2v) is 5.52. The lowest BCUT2D eigenvalue weighted by atomic mass is 10.1. The van der Waals surface area contributed by atoms with Gasteiger partial charge >= 0.3 is 0 Å². The maximum absolute atomic E-state index is 11.7. The molecule has 21 heavy (non-hydrogen) atoms. The van der Waals surface area contributed by atoms with E-state index in [0.717, 1.165) is 25.3 Å². The molecule has 1 fully saturated rings. The van der Waals surface area contributed by atoms with Crippen LogP contribution in [0.1, 0.15) is 30.4 Å². The van der Waals surface area contributed by atoms with Crippen LogP contribution in [0, 0.1) is 13.8 Å². The van der Waals surface area contributed by atoms with Crippen LogP contribution in [-0.2, 0) is 4.79 Å². The van der Waals surface area contributed by atoms with E-state index in [1.54, 1.807) is 0 Å². The van der Waals surface area contributed by atoms with Crippen molar-refractivity contribution < 1.29 is 9.53 Å². The van der Waals surface area contributed by atoms with Crippen LogP contribution in [0.15, 0.2) is 18.2 Å². The molecule has 1 saturated heterocycles. The molecule has 2 rings (SSSR count). The van der Waals surface area contributed by atoms with Crippen molar-refractivity contribution in [3.63, 3.8) is 0 Å². The highest BCUT2D eigenvalue weighted by atomic mass is 35.5. The maximum atomic E-state index is 11.7. The van der Waals surface area contributed by atoms with Crippen molar-refractivity contribution in [2.24, 2.45) is 0 Å². The average molecular weight is 313 g/mol. The van der Waals surface area contributed by atoms with Gasteiger partial charge in [0.25, 0.3) is 0 Å². The Kier molecular flexibility index (Phi) is 7.54. The predicted molar refractivity (Wildman–Crippen MR) is 87.3 cm³/mol. The molecule has 0 bridgehead atoms. The van der Waals surface area contributed by atoms with Crippen LogP contribution in [0.4, 0.5) is 0 Å². The van der Waals surface area contributed by atoms with Crippen molar-refractivity contribution in [1.82, 2.24) is 10.6 Å². The van der Waals surface area contributed by atoms with Gasteiger partial charge in [0.2, 0.25) is 5.91 Å². The molecule has 0 aromatic heterocycles. The summed E-state index contributed by atoms with van der Waals surface area (Å²) in [4.78, 5) is 11.7. The molecule has 118 valence electrons. The molecule has 1 aliphatic heterocycles. The summed E-state index contributed by atoms with van der Waals surface area (Å²) >= 11 is 0. The summed E-state index contributed by atoms with van der Waals surface area (Å²) in [6, 6.07) is 6.54. The molecule has 1 aliphatic rings. The number of nitrogens with one attached hydrogen (secondary N) is 2. The van der Waals surface area contributed by atoms with Crippen molar-refractivity contribution in [3.8, 4) is 5.75 Å². The molecule has 4 nitrogen and oxygen atoms in total. The molecule has 1 amide bonds. The van der Waals surface area contributed by atoms with E-state index < -0.39 is 0 Å². The molecule has 0 aliphatic carbocycles. The average Bonchev–Trinajstić information content (AvgIpc) is 2.88. The minimum atomic E-state index is 0. The molecule has 1 unspecified atom stereocenters. The Morgan fingerprint density at radius 1 is 1.33 bits per heavy atom. The predicted octanol–water partition coefficient (Wildman–Crippen LogP) is 2.36. The number of benzene rings is 1. The second kappa shape index (κ2) is 8.90. The number of carbonyl (C=O) groups excluding carboxylic acids is 1. The summed E-state index contributed by atoms with van der Waals surface area (Å²) in [7, 11) is 0. The topological polar surface area (TPSA) is 50.4 Å². The molecule has 0 radical (unpaired) electrons. The zero-order valence-electron chi connectivity index (χ0n) is 12.8. The Hall–Kier alpha value is -1.26. The number of carbonyl (C=O) groups is 1. The molecule has 1 heterocycles. The summed E-state index contributed by atoms with van der Waals surface area (Å²) in [5, 5.41) is 6.31. The van der Waals surface area contributed by atoms with E-state index in [4.69, 9.17) is 4.74 Å². The van der Waals surface area contributed by atoms with Crippen LogP contribution in [0.2, 0.25) is 0 Å². The fourth-order valence-electron chi connectivity index (χ4n) is 2.53. The highest BCUT2D eigenvalue weighted by Gasteiger charge is 2.14. The second-order valence-electron chi connectivity index (χ2n) is 5.52. The fourth-order valence-corrected chi connectivity index (χ4v) is 2.53. The van der Waals surface area contributed by atoms with Crippen LogP contribution in [0.3, 0.4) is 0 Å². The zero-order chi connectivity index (χ0) is 14.4. The van der Waals surface area contributed by atoms with E-state index in [9.17, 15) is 4.79 Å². The first-order valence-electron chi connectivity index (χ1n) is 7.34. The quantitative estimate of drug-likeness (QED) is 0.848. The lowest BCUT2D eigenvalue weighted by Crippen LogP contribution is -2.37. The van der Waals surface area contributed by atoms with E-state index in [2.05, 4.69) is 16.7 Å². The lowest BCUT2D eigenvalue weighted by Gasteiger charge is -2.12. The third-order valence-electron chi connectivity index (χ3n) is 3.50. The minimum Gasteiger partial charge on any atom is -0.493 e. The van der Waals surface area contributed by atoms with Crippen molar-refractivity contribution >= 4 is 18.3 Å². The third-order valence-corrected chi connectivity index (χ3v) is 3.50. The summed E-state index contributed by atoms with van der Waals surface area (Å²) in [6.45, 7) is 6.30. The number of hydrogen-bond acceptors (Lipinski definition) is 3. The van der Waals surface area contributed by atoms with Gasteiger partial charge in [-0.05, 0) is 56.5 Å². The first kappa shape index (κ1) is 17.8. The number of amides is 1. The molecule has 2 N–H and O–H groups in total. The largest absolute Gasteiger partial charge is 0.493 e. The summed E-state index contributed by atoms with van der Waals surface area (Å²) in [5.74, 6) is 0.899. The van der Waals surface area contributed by atoms with Gasteiger partial charge in [-0.25, -0.2) is 0 Å². The SMILES string of the molecule is Cc1cc(C)cc(OCCC(=O)NCC2CCCN2)c1.Cl. The number of rotatable bonds is 6. The fraction of sp³-hybridized carbons (Fsp3) is 0.562. The van der Waals surface area contributed by atoms with Gasteiger partial charge in [-0.3, -0.25) is 4.79 Å². The number of aryl methyl sites for hydroxylation is 2. The van der Waals surface area contributed by atoms with E-state index >= 15 is 0 Å². The molecular weight excluding hydrogens is 288 g/mol. The Bertz CT molecular complexity index is 439. The van der Waals surface area contributed by atoms with Gasteiger partial charge < -0.3 is 15.4 Å². The monoisotopic (exact) mass is 312 g/mol. The smallest absolute Gasteiger partial charge is 0.223 e. The Morgan fingerprint density at radius 2 is 2.05 bits per heavy atom. The lowest BCUT2D eigenvalue weighted by molar-refractivity contribution is -0.121. The summed E-state index contributed by atoms with van der Waals surface area (Å²) < 4.78 is 5.63. The maximum Gasteiger partial charge on any atom is 0.223 e. The molecule has 5 heteroatoms. The highest BCUT2D eigenvalue weighted by molar-refractivity contribution is 5.85. The molecule has 1 aromatic carbocycles. The van der Waals surface area contributed by atoms with Crippen LogP contribution in [0.5, 0.6) is 5.75 Å². The standard InChI is InChI=1S/C16H24N2O2.ClH/c1-12-8-13(2)10-15(9-12)20-7-5-16(19)18-11-14-4-3-6-17-14;/h8-10,14,17H,3-7,11H2,1-2H3,(H,18,19);1H. The van der Waals surface area contributed by atoms with Gasteiger partial charge in [0.1, 0.15) is 5.75 Å². The van der Waals surface area contributed by atoms with Gasteiger partial charge in [0.05, 0.1) is 13.0 Å². The van der Waals surface area contributed by atoms with Crippen LogP contribution in [0.25, 0.3) is 0 Å². The third kappa shape index (κ3) is 6.36. The first-order chi connectivity index (χ1) is 9.63. The van der Waals surface area contributed by atoms with Gasteiger partial charge in [-0.15, -0.1) is 12.4 Å². The van der Waals surface area contributed by atoms with E-state index in [1.165, 1.54) is 17.5 Å². The highest BCUT2D eigenvalue weighted by Crippen LogP contribution is 2.16. The Labute approximate surface area is 133 Å². The van der Waals surface area contributed by atoms with Gasteiger partial charge in [-0.1, -0.05) is 6.07 Å². The zero-order valence-corrected chi connectivity index (χ0v) is 13.6. The van der Waals surface area contributed by atoms with Crippen LogP contribution in [-0.4, -0.2) is 31.6 Å². The molecule has 1 aromatic rings. The van der Waals surface area contributed by atoms with Gasteiger partial charge in [0, 0.05) is 12.6 Å². The summed E-state index contributed by atoms with van der Waals surface area (Å²) in [6.07, 6.45) is 2.76. The van der Waals surface area contributed by atoms with Crippen molar-refractivity contribution in [3.05, 3.63) is 29.3 Å². The first-order valence-corrected chi connectivity index (χ1v) is 7.34. The van der Waals surface area contributed by atoms with Crippen LogP contribution < -0.4 is 15.4 Å². The summed E-state index contributed by atoms with van der Waals surface area (Å²) in [5.41, 5.74) is 2.36. The molecule has 1 atom stereocenters. The number of hydrogen-bond donors (Lipinski definition) is 2. The minimum absolute atomic E-state index is 0. The van der Waals surface area contributed by atoms with E-state index in [0.29, 0.717) is 19.1 Å². The Balaban J connectivity index is 0.00000220. The normalized spacial score (nSPS) is 17.1. The molecule has 0 spiro atoms. The van der Waals surface area contributed by atoms with Crippen molar-refractivity contribution in [1.29, 1.82) is 0 Å². The number of halogens is 1. The van der Waals surface area contributed by atoms with Crippen LogP contribution >= 0.6 is 12.4 Å². The van der Waals surface area contributed by atoms with E-state index in [-0.39, 0.29) is 18.3 Å². The van der Waals surface area contributed by atoms with Crippen molar-refractivity contribution in [2.75, 3.05) is 19.7 Å². The van der Waals surface area contributed by atoms with Gasteiger partial charge in [0.15, 0.2) is 0 Å². The van der Waals surface area contributed by atoms with E-state index in [1.807, 2.05) is 26.0 Å². The van der Waals surface area contributed by atoms with Crippen molar-refractivity contribution in [2.45, 2.75) is 39.2 Å². The molecule has 0 saturated carbocycles. The molecular formula is C16H25ClN2O2. The number of ether oxygens (including phenoxy) is 1. The Morgan fingerprint density at radius 3 is 2.67 bits per heavy atom. The van der Waals surface area contributed by atoms with Gasteiger partial charge in [-0.2, -0.15) is 0 Å².